The van der Waals surface area contributed by atoms with Gasteiger partial charge < -0.3 is 26.5 Å². The number of aliphatic carboxylic acids is 2. The lowest BCUT2D eigenvalue weighted by molar-refractivity contribution is -0.139. The average Bonchev–Trinajstić information content (AvgIpc) is 3.17. The van der Waals surface area contributed by atoms with Crippen molar-refractivity contribution in [1.29, 1.82) is 31.6 Å². The highest BCUT2D eigenvalue weighted by molar-refractivity contribution is 5.67. The van der Waals surface area contributed by atoms with E-state index < -0.39 is 11.9 Å². The fourth-order valence-corrected chi connectivity index (χ4v) is 2.19. The normalized spacial score (nSPS) is 7.76. The van der Waals surface area contributed by atoms with E-state index in [1.807, 2.05) is 19.9 Å². The minimum absolute atomic E-state index is 0. The zero-order valence-electron chi connectivity index (χ0n) is 33.5. The zero-order chi connectivity index (χ0) is 42.5. The van der Waals surface area contributed by atoms with Crippen molar-refractivity contribution < 1.29 is 19.8 Å². The third kappa shape index (κ3) is 203. The van der Waals surface area contributed by atoms with E-state index >= 15 is 0 Å². The molecule has 0 rings (SSSR count). The van der Waals surface area contributed by atoms with E-state index in [4.69, 9.17) is 59.8 Å². The molecule has 0 bridgehead atoms. The predicted octanol–water partition coefficient (Wildman–Crippen LogP) is 11.7. The summed E-state index contributed by atoms with van der Waals surface area (Å²) in [5.41, 5.74) is 10.6. The van der Waals surface area contributed by atoms with E-state index in [0.29, 0.717) is 25.8 Å². The number of nitriles is 6. The Morgan fingerprint density at radius 1 is 0.600 bits per heavy atom. The van der Waals surface area contributed by atoms with Crippen LogP contribution in [-0.4, -0.2) is 41.8 Å². The quantitative estimate of drug-likeness (QED) is 0.0703. The highest BCUT2D eigenvalue weighted by atomic mass is 16.4. The van der Waals surface area contributed by atoms with E-state index in [-0.39, 0.29) is 41.0 Å². The minimum Gasteiger partial charge on any atom is -0.481 e. The molecule has 55 heavy (non-hydrogen) atoms. The molecule has 0 aromatic rings. The number of nitrogens with zero attached hydrogens (tertiary/aromatic N) is 7. The van der Waals surface area contributed by atoms with Crippen LogP contribution in [0.4, 0.5) is 0 Å². The number of hydrogen-bond acceptors (Lipinski definition) is 10. The molecule has 1 unspecified atom stereocenters. The molecule has 6 N–H and O–H groups in total. The largest absolute Gasteiger partial charge is 0.481 e. The van der Waals surface area contributed by atoms with E-state index in [0.717, 1.165) is 83.7 Å². The number of carboxylic acid groups (broad SMARTS) is 2. The molecule has 0 saturated heterocycles. The molecular formula is C42H85N9O4. The summed E-state index contributed by atoms with van der Waals surface area (Å²) in [6, 6.07) is 8.28. The maximum atomic E-state index is 9.90. The number of rotatable bonds is 19. The lowest BCUT2D eigenvalue weighted by atomic mass is 10.2. The molecule has 0 spiro atoms. The van der Waals surface area contributed by atoms with Gasteiger partial charge in [-0.3, -0.25) is 9.59 Å². The van der Waals surface area contributed by atoms with Gasteiger partial charge in [-0.25, -0.2) is 17.1 Å². The van der Waals surface area contributed by atoms with Gasteiger partial charge >= 0.3 is 11.9 Å². The molecule has 0 aromatic heterocycles. The van der Waals surface area contributed by atoms with Gasteiger partial charge in [0, 0.05) is 57.6 Å². The number of hydrogen-bond donors (Lipinski definition) is 4. The molecule has 0 aliphatic heterocycles. The Balaban J connectivity index is -0.0000000387. The summed E-state index contributed by atoms with van der Waals surface area (Å²) in [7, 11) is 0. The van der Waals surface area contributed by atoms with Gasteiger partial charge in [-0.2, -0.15) is 21.0 Å². The third-order valence-electron chi connectivity index (χ3n) is 5.62. The lowest BCUT2D eigenvalue weighted by Crippen LogP contribution is -2.00. The predicted molar refractivity (Wildman–Crippen MR) is 231 cm³/mol. The fraction of sp³-hybridized carbons (Fsp3) is 0.786. The molecule has 13 heteroatoms. The Bertz CT molecular complexity index is 845. The Labute approximate surface area is 340 Å². The minimum atomic E-state index is -0.870. The van der Waals surface area contributed by atoms with Gasteiger partial charge in [0.05, 0.1) is 24.3 Å². The molecule has 322 valence electrons. The Hall–Kier alpha value is -4.71. The van der Waals surface area contributed by atoms with E-state index in [1.165, 1.54) is 25.7 Å². The van der Waals surface area contributed by atoms with Crippen molar-refractivity contribution in [2.45, 2.75) is 192 Å². The maximum Gasteiger partial charge on any atom is 0.303 e. The summed E-state index contributed by atoms with van der Waals surface area (Å²) in [6.45, 7) is 28.0. The Morgan fingerprint density at radius 3 is 1.09 bits per heavy atom. The van der Waals surface area contributed by atoms with Gasteiger partial charge in [-0.15, -0.1) is 0 Å². The molecule has 0 radical (unpaired) electrons. The molecule has 1 atom stereocenters. The second-order valence-electron chi connectivity index (χ2n) is 10.4. The number of carbonyl (C=O) groups is 2. The first-order valence-electron chi connectivity index (χ1n) is 18.2. The van der Waals surface area contributed by atoms with E-state index in [9.17, 15) is 9.59 Å². The molecule has 13 nitrogen and oxygen atoms in total. The molecular weight excluding hydrogens is 695 g/mol. The molecule has 0 saturated carbocycles. The number of unbranched alkanes of at least 4 members (excludes halogenated alkanes) is 11. The van der Waals surface area contributed by atoms with E-state index in [1.54, 1.807) is 0 Å². The van der Waals surface area contributed by atoms with Gasteiger partial charge in [0.25, 0.3) is 0 Å². The molecule has 0 aliphatic carbocycles. The van der Waals surface area contributed by atoms with Crippen molar-refractivity contribution in [3.63, 3.8) is 0 Å². The van der Waals surface area contributed by atoms with Gasteiger partial charge in [0.1, 0.15) is 0 Å². The van der Waals surface area contributed by atoms with Crippen molar-refractivity contribution >= 4 is 11.9 Å². The fourth-order valence-electron chi connectivity index (χ4n) is 2.19. The first-order valence-corrected chi connectivity index (χ1v) is 18.2. The topological polar surface area (TPSA) is 274 Å². The van der Waals surface area contributed by atoms with Crippen LogP contribution in [-0.2, 0) is 9.59 Å². The van der Waals surface area contributed by atoms with Crippen LogP contribution >= 0.6 is 0 Å². The SMILES string of the molecule is C.C.C.C#N.C#N.CCC(C)C#N.CCCC.CCCCC#N.CCCCC#N.NCCCCCCN.O=C(O)CCCCC(=O)O.[C-]#[N+]CCCCC#N. The maximum absolute atomic E-state index is 9.90. The first-order chi connectivity index (χ1) is 25.0. The van der Waals surface area contributed by atoms with Crippen LogP contribution in [0.2, 0.25) is 0 Å². The summed E-state index contributed by atoms with van der Waals surface area (Å²) < 4.78 is 0. The number of carboxylic acids is 2. The van der Waals surface area contributed by atoms with Gasteiger partial charge in [0.15, 0.2) is 0 Å². The molecule has 0 heterocycles. The van der Waals surface area contributed by atoms with Crippen LogP contribution in [0.1, 0.15) is 192 Å². The van der Waals surface area contributed by atoms with Gasteiger partial charge in [-0.1, -0.05) is 95.4 Å². The van der Waals surface area contributed by atoms with Crippen molar-refractivity contribution in [2.24, 2.45) is 17.4 Å². The summed E-state index contributed by atoms with van der Waals surface area (Å²) in [5, 5.41) is 61.3. The van der Waals surface area contributed by atoms with Crippen molar-refractivity contribution in [3.8, 4) is 37.4 Å². The van der Waals surface area contributed by atoms with Crippen LogP contribution in [0, 0.1) is 81.5 Å². The smallest absolute Gasteiger partial charge is 0.303 e. The van der Waals surface area contributed by atoms with Crippen LogP contribution in [0.15, 0.2) is 0 Å². The van der Waals surface area contributed by atoms with Crippen molar-refractivity contribution in [3.05, 3.63) is 11.4 Å². The second-order valence-corrected chi connectivity index (χ2v) is 10.4. The zero-order valence-corrected chi connectivity index (χ0v) is 33.5. The highest BCUT2D eigenvalue weighted by Crippen LogP contribution is 1.99. The molecule has 0 fully saturated rings. The monoisotopic (exact) mass is 780 g/mol. The lowest BCUT2D eigenvalue weighted by Gasteiger charge is -1.94. The summed E-state index contributed by atoms with van der Waals surface area (Å²) in [5.74, 6) is -1.50. The van der Waals surface area contributed by atoms with Crippen LogP contribution in [0.25, 0.3) is 4.85 Å². The van der Waals surface area contributed by atoms with Crippen LogP contribution in [0.5, 0.6) is 0 Å². The standard InChI is InChI=1S/C6H8N2.C6H16N2.C6H10O4.3C5H9N.C4H10.2CHN.3CH4/c1-8-6-4-2-3-5-7;7-5-3-1-2-4-6-8;7-5(8)3-1-2-4-6(9)10;1-3-5(2)4-6;2*1-2-3-4-5-6;1-3-4-2;2*1-2;;;/h2-4,6H2;1-8H2;1-4H2,(H,7,8)(H,9,10);5H,3H2,1-2H3;2*2-4H2,1H3;3-4H2,1-2H3;2*1H;3*1H4. The highest BCUT2D eigenvalue weighted by Gasteiger charge is 1.99. The average molecular weight is 780 g/mol. The van der Waals surface area contributed by atoms with Crippen molar-refractivity contribution in [1.82, 2.24) is 0 Å². The summed E-state index contributed by atoms with van der Waals surface area (Å²) >= 11 is 0. The Kier molecular flexibility index (Phi) is 167. The Morgan fingerprint density at radius 2 is 0.927 bits per heavy atom. The van der Waals surface area contributed by atoms with Crippen LogP contribution < -0.4 is 11.5 Å². The van der Waals surface area contributed by atoms with Gasteiger partial charge in [-0.05, 0) is 71.4 Å². The van der Waals surface area contributed by atoms with Gasteiger partial charge in [0.2, 0.25) is 6.54 Å². The second kappa shape index (κ2) is 110. The first kappa shape index (κ1) is 83.3. The summed E-state index contributed by atoms with van der Waals surface area (Å²) in [4.78, 5) is 22.9. The summed E-state index contributed by atoms with van der Waals surface area (Å²) in [6.07, 6.45) is 17.6. The molecule has 0 aromatic carbocycles. The molecule has 0 amide bonds. The van der Waals surface area contributed by atoms with E-state index in [2.05, 4.69) is 63.9 Å². The molecule has 0 aliphatic rings. The van der Waals surface area contributed by atoms with Crippen molar-refractivity contribution in [2.75, 3.05) is 19.6 Å². The number of nitrogens with two attached hydrogens (primary N) is 2. The third-order valence-corrected chi connectivity index (χ3v) is 5.62. The van der Waals surface area contributed by atoms with Crippen LogP contribution in [0.3, 0.4) is 0 Å².